The number of benzene rings is 2. The molecule has 1 aromatic heterocycles. The number of ether oxygens (including phenoxy) is 2. The lowest BCUT2D eigenvalue weighted by atomic mass is 10.0. The van der Waals surface area contributed by atoms with E-state index in [0.29, 0.717) is 28.7 Å². The van der Waals surface area contributed by atoms with Gasteiger partial charge in [0.2, 0.25) is 17.7 Å². The topological polar surface area (TPSA) is 75.2 Å². The van der Waals surface area contributed by atoms with Crippen molar-refractivity contribution in [2.45, 2.75) is 13.0 Å². The minimum absolute atomic E-state index is 0.0689. The number of rotatable bonds is 6. The number of methoxy groups -OCH3 is 2. The molecule has 2 aromatic carbocycles. The SMILES string of the molecule is COc1ccc(N2CC(=O)N(c3ccc(OC)nc3-c3ccc(N(C)C)cc3)C(C)C2=O)cc1. The fourth-order valence-corrected chi connectivity index (χ4v) is 4.04. The van der Waals surface area contributed by atoms with Crippen molar-refractivity contribution in [3.63, 3.8) is 0 Å². The van der Waals surface area contributed by atoms with Gasteiger partial charge in [-0.25, -0.2) is 4.98 Å². The van der Waals surface area contributed by atoms with Crippen LogP contribution in [0.5, 0.6) is 11.6 Å². The molecule has 176 valence electrons. The van der Waals surface area contributed by atoms with Gasteiger partial charge in [0.25, 0.3) is 0 Å². The summed E-state index contributed by atoms with van der Waals surface area (Å²) in [7, 11) is 7.07. The van der Waals surface area contributed by atoms with Crippen LogP contribution in [0.1, 0.15) is 6.92 Å². The summed E-state index contributed by atoms with van der Waals surface area (Å²) in [6.07, 6.45) is 0. The van der Waals surface area contributed by atoms with Crippen LogP contribution < -0.4 is 24.2 Å². The molecule has 8 heteroatoms. The van der Waals surface area contributed by atoms with Crippen LogP contribution in [-0.2, 0) is 9.59 Å². The van der Waals surface area contributed by atoms with E-state index >= 15 is 0 Å². The van der Waals surface area contributed by atoms with E-state index in [-0.39, 0.29) is 18.4 Å². The number of carbonyl (C=O) groups excluding carboxylic acids is 2. The molecule has 1 aliphatic heterocycles. The molecule has 1 aliphatic rings. The highest BCUT2D eigenvalue weighted by atomic mass is 16.5. The first-order chi connectivity index (χ1) is 16.3. The van der Waals surface area contributed by atoms with Crippen LogP contribution in [0.15, 0.2) is 60.7 Å². The highest BCUT2D eigenvalue weighted by molar-refractivity contribution is 6.15. The van der Waals surface area contributed by atoms with Gasteiger partial charge in [0.05, 0.1) is 25.6 Å². The molecular weight excluding hydrogens is 432 g/mol. The van der Waals surface area contributed by atoms with Gasteiger partial charge in [0, 0.05) is 37.1 Å². The normalized spacial score (nSPS) is 16.0. The molecule has 8 nitrogen and oxygen atoms in total. The molecule has 2 heterocycles. The molecule has 0 bridgehead atoms. The van der Waals surface area contributed by atoms with E-state index in [1.807, 2.05) is 43.3 Å². The molecule has 0 saturated carbocycles. The molecule has 1 saturated heterocycles. The maximum absolute atomic E-state index is 13.4. The highest BCUT2D eigenvalue weighted by Crippen LogP contribution is 2.35. The Hall–Kier alpha value is -4.07. The van der Waals surface area contributed by atoms with Gasteiger partial charge in [-0.1, -0.05) is 12.1 Å². The van der Waals surface area contributed by atoms with Crippen LogP contribution in [-0.4, -0.2) is 57.7 Å². The summed E-state index contributed by atoms with van der Waals surface area (Å²) in [6.45, 7) is 1.67. The van der Waals surface area contributed by atoms with Crippen LogP contribution in [0.4, 0.5) is 17.1 Å². The summed E-state index contributed by atoms with van der Waals surface area (Å²) in [5.74, 6) is 0.748. The summed E-state index contributed by atoms with van der Waals surface area (Å²) in [5.41, 5.74) is 3.66. The lowest BCUT2D eigenvalue weighted by molar-refractivity contribution is -0.128. The Morgan fingerprint density at radius 1 is 0.912 bits per heavy atom. The van der Waals surface area contributed by atoms with Gasteiger partial charge in [0.1, 0.15) is 18.3 Å². The van der Waals surface area contributed by atoms with E-state index in [1.165, 1.54) is 9.80 Å². The average molecular weight is 461 g/mol. The Balaban J connectivity index is 1.71. The van der Waals surface area contributed by atoms with Crippen LogP contribution in [0.25, 0.3) is 11.3 Å². The third kappa shape index (κ3) is 4.26. The molecular formula is C26H28N4O4. The monoisotopic (exact) mass is 460 g/mol. The molecule has 0 aliphatic carbocycles. The highest BCUT2D eigenvalue weighted by Gasteiger charge is 2.39. The van der Waals surface area contributed by atoms with Gasteiger partial charge in [0.15, 0.2) is 0 Å². The maximum atomic E-state index is 13.4. The van der Waals surface area contributed by atoms with Crippen molar-refractivity contribution in [2.24, 2.45) is 0 Å². The summed E-state index contributed by atoms with van der Waals surface area (Å²) in [5, 5.41) is 0. The van der Waals surface area contributed by atoms with E-state index in [9.17, 15) is 9.59 Å². The molecule has 1 atom stereocenters. The van der Waals surface area contributed by atoms with Crippen molar-refractivity contribution in [3.05, 3.63) is 60.7 Å². The minimum atomic E-state index is -0.710. The number of hydrogen-bond acceptors (Lipinski definition) is 6. The van der Waals surface area contributed by atoms with Gasteiger partial charge in [-0.3, -0.25) is 14.5 Å². The Bertz CT molecular complexity index is 1190. The van der Waals surface area contributed by atoms with E-state index in [1.54, 1.807) is 57.5 Å². The first-order valence-electron chi connectivity index (χ1n) is 10.9. The number of anilines is 3. The number of pyridine rings is 1. The Kier molecular flexibility index (Phi) is 6.40. The smallest absolute Gasteiger partial charge is 0.250 e. The predicted molar refractivity (Wildman–Crippen MR) is 133 cm³/mol. The summed E-state index contributed by atoms with van der Waals surface area (Å²) >= 11 is 0. The number of hydrogen-bond donors (Lipinski definition) is 0. The van der Waals surface area contributed by atoms with Gasteiger partial charge in [-0.15, -0.1) is 0 Å². The van der Waals surface area contributed by atoms with E-state index in [0.717, 1.165) is 11.3 Å². The molecule has 0 radical (unpaired) electrons. The largest absolute Gasteiger partial charge is 0.497 e. The quantitative estimate of drug-likeness (QED) is 0.560. The first-order valence-corrected chi connectivity index (χ1v) is 10.9. The van der Waals surface area contributed by atoms with Crippen molar-refractivity contribution in [2.75, 3.05) is 49.6 Å². The van der Waals surface area contributed by atoms with Crippen molar-refractivity contribution in [1.82, 2.24) is 4.98 Å². The van der Waals surface area contributed by atoms with Crippen LogP contribution in [0.2, 0.25) is 0 Å². The predicted octanol–water partition coefficient (Wildman–Crippen LogP) is 3.60. The lowest BCUT2D eigenvalue weighted by Gasteiger charge is -2.39. The van der Waals surface area contributed by atoms with E-state index < -0.39 is 6.04 Å². The van der Waals surface area contributed by atoms with Gasteiger partial charge >= 0.3 is 0 Å². The molecule has 2 amide bonds. The fraction of sp³-hybridized carbons (Fsp3) is 0.269. The van der Waals surface area contributed by atoms with Gasteiger partial charge in [-0.05, 0) is 49.4 Å². The summed E-state index contributed by atoms with van der Waals surface area (Å²) < 4.78 is 10.5. The molecule has 1 fully saturated rings. The Morgan fingerprint density at radius 3 is 2.18 bits per heavy atom. The Labute approximate surface area is 199 Å². The molecule has 0 spiro atoms. The second-order valence-corrected chi connectivity index (χ2v) is 8.22. The van der Waals surface area contributed by atoms with Gasteiger partial charge < -0.3 is 19.3 Å². The number of nitrogens with zero attached hydrogens (tertiary/aromatic N) is 4. The number of aromatic nitrogens is 1. The van der Waals surface area contributed by atoms with Crippen LogP contribution in [0, 0.1) is 0 Å². The zero-order chi connectivity index (χ0) is 24.4. The summed E-state index contributed by atoms with van der Waals surface area (Å²) in [6, 6.07) is 17.7. The number of amides is 2. The second-order valence-electron chi connectivity index (χ2n) is 8.22. The van der Waals surface area contributed by atoms with E-state index in [2.05, 4.69) is 4.98 Å². The van der Waals surface area contributed by atoms with Crippen LogP contribution >= 0.6 is 0 Å². The zero-order valence-electron chi connectivity index (χ0n) is 20.0. The molecule has 4 rings (SSSR count). The second kappa shape index (κ2) is 9.43. The third-order valence-electron chi connectivity index (χ3n) is 5.93. The summed E-state index contributed by atoms with van der Waals surface area (Å²) in [4.78, 5) is 36.4. The van der Waals surface area contributed by atoms with Crippen molar-refractivity contribution in [1.29, 1.82) is 0 Å². The van der Waals surface area contributed by atoms with Gasteiger partial charge in [-0.2, -0.15) is 0 Å². The van der Waals surface area contributed by atoms with Crippen LogP contribution in [0.3, 0.4) is 0 Å². The molecule has 1 unspecified atom stereocenters. The van der Waals surface area contributed by atoms with Crippen molar-refractivity contribution < 1.29 is 19.1 Å². The standard InChI is InChI=1S/C26H28N4O4/c1-17-26(32)29(20-10-12-21(33-4)13-11-20)16-24(31)30(17)22-14-15-23(34-5)27-25(22)18-6-8-19(9-7-18)28(2)3/h6-15,17H,16H2,1-5H3. The molecule has 0 N–H and O–H groups in total. The number of carbonyl (C=O) groups is 2. The Morgan fingerprint density at radius 2 is 1.59 bits per heavy atom. The third-order valence-corrected chi connectivity index (χ3v) is 5.93. The van der Waals surface area contributed by atoms with Crippen molar-refractivity contribution in [3.8, 4) is 22.9 Å². The van der Waals surface area contributed by atoms with Crippen molar-refractivity contribution >= 4 is 28.9 Å². The maximum Gasteiger partial charge on any atom is 0.250 e. The molecule has 34 heavy (non-hydrogen) atoms. The minimum Gasteiger partial charge on any atom is -0.497 e. The molecule has 3 aromatic rings. The van der Waals surface area contributed by atoms with E-state index in [4.69, 9.17) is 9.47 Å². The first kappa shape index (κ1) is 23.1. The lowest BCUT2D eigenvalue weighted by Crippen LogP contribution is -2.59. The average Bonchev–Trinajstić information content (AvgIpc) is 2.86. The number of piperazine rings is 1. The zero-order valence-corrected chi connectivity index (χ0v) is 20.0. The fourth-order valence-electron chi connectivity index (χ4n) is 4.04.